The van der Waals surface area contributed by atoms with Crippen LogP contribution in [0.4, 0.5) is 0 Å². The zero-order chi connectivity index (χ0) is 12.7. The van der Waals surface area contributed by atoms with Crippen molar-refractivity contribution >= 4 is 0 Å². The number of rotatable bonds is 8. The Hall–Kier alpha value is -0.420. The summed E-state index contributed by atoms with van der Waals surface area (Å²) in [6.07, 6.45) is 5.41. The number of methoxy groups -OCH3 is 2. The lowest BCUT2D eigenvalue weighted by atomic mass is 10.1. The number of hydrogen-bond donors (Lipinski definition) is 1. The molecule has 0 amide bonds. The second kappa shape index (κ2) is 7.82. The molecule has 0 bridgehead atoms. The first-order chi connectivity index (χ1) is 8.17. The van der Waals surface area contributed by atoms with Gasteiger partial charge in [0, 0.05) is 39.4 Å². The molecule has 0 saturated heterocycles. The highest BCUT2D eigenvalue weighted by molar-refractivity contribution is 5.05. The first kappa shape index (κ1) is 14.6. The molecule has 3 atom stereocenters. The minimum absolute atomic E-state index is 0.238. The first-order valence-corrected chi connectivity index (χ1v) is 6.33. The highest BCUT2D eigenvalue weighted by Gasteiger charge is 2.21. The molecule has 0 radical (unpaired) electrons. The van der Waals surface area contributed by atoms with Crippen molar-refractivity contribution in [3.05, 3.63) is 12.2 Å². The molecule has 1 aliphatic carbocycles. The largest absolute Gasteiger partial charge is 0.383 e. The molecule has 0 aromatic rings. The summed E-state index contributed by atoms with van der Waals surface area (Å²) in [6, 6.07) is 0.655. The number of ether oxygens (including phenoxy) is 2. The van der Waals surface area contributed by atoms with Gasteiger partial charge in [-0.1, -0.05) is 12.2 Å². The van der Waals surface area contributed by atoms with Gasteiger partial charge in [0.15, 0.2) is 0 Å². The molecular formula is C13H26N2O2. The molecule has 0 aliphatic heterocycles. The second-order valence-corrected chi connectivity index (χ2v) is 4.84. The Balaban J connectivity index is 2.42. The van der Waals surface area contributed by atoms with Gasteiger partial charge < -0.3 is 15.2 Å². The van der Waals surface area contributed by atoms with Gasteiger partial charge in [0.25, 0.3) is 0 Å². The molecular weight excluding hydrogens is 216 g/mol. The Morgan fingerprint density at radius 1 is 1.35 bits per heavy atom. The van der Waals surface area contributed by atoms with Crippen LogP contribution in [0.3, 0.4) is 0 Å². The fourth-order valence-corrected chi connectivity index (χ4v) is 2.29. The molecule has 1 aliphatic rings. The lowest BCUT2D eigenvalue weighted by Crippen LogP contribution is -2.41. The molecule has 0 fully saturated rings. The van der Waals surface area contributed by atoms with E-state index >= 15 is 0 Å². The summed E-state index contributed by atoms with van der Waals surface area (Å²) < 4.78 is 10.4. The van der Waals surface area contributed by atoms with Gasteiger partial charge in [-0.3, -0.25) is 4.90 Å². The van der Waals surface area contributed by atoms with Crippen molar-refractivity contribution in [1.29, 1.82) is 0 Å². The summed E-state index contributed by atoms with van der Waals surface area (Å²) in [6.45, 7) is 5.69. The van der Waals surface area contributed by atoms with Gasteiger partial charge in [0.2, 0.25) is 0 Å². The maximum atomic E-state index is 5.88. The van der Waals surface area contributed by atoms with E-state index in [-0.39, 0.29) is 6.04 Å². The van der Waals surface area contributed by atoms with Crippen LogP contribution in [0.2, 0.25) is 0 Å². The van der Waals surface area contributed by atoms with Crippen LogP contribution in [-0.4, -0.2) is 57.5 Å². The third-order valence-electron chi connectivity index (χ3n) is 3.29. The Morgan fingerprint density at radius 3 is 2.65 bits per heavy atom. The summed E-state index contributed by atoms with van der Waals surface area (Å²) >= 11 is 0. The van der Waals surface area contributed by atoms with E-state index in [1.54, 1.807) is 14.2 Å². The van der Waals surface area contributed by atoms with Crippen LogP contribution in [0, 0.1) is 5.92 Å². The van der Waals surface area contributed by atoms with E-state index in [1.807, 2.05) is 0 Å². The standard InChI is InChI=1S/C13H26N2O2/c1-11(10-17-3)15(6-7-16-2)9-12-4-5-13(14)8-12/h4-5,11-13H,6-10,14H2,1-3H3. The van der Waals surface area contributed by atoms with Crippen molar-refractivity contribution in [1.82, 2.24) is 4.90 Å². The van der Waals surface area contributed by atoms with Gasteiger partial charge in [0.05, 0.1) is 13.2 Å². The Kier molecular flexibility index (Phi) is 6.73. The van der Waals surface area contributed by atoms with Gasteiger partial charge >= 0.3 is 0 Å². The number of nitrogens with two attached hydrogens (primary N) is 1. The van der Waals surface area contributed by atoms with Gasteiger partial charge in [-0.25, -0.2) is 0 Å². The van der Waals surface area contributed by atoms with Gasteiger partial charge in [0.1, 0.15) is 0 Å². The SMILES string of the molecule is COCCN(CC1C=CC(N)C1)C(C)COC. The van der Waals surface area contributed by atoms with Crippen LogP contribution in [-0.2, 0) is 9.47 Å². The molecule has 0 aromatic carbocycles. The molecule has 2 N–H and O–H groups in total. The molecule has 0 aromatic heterocycles. The lowest BCUT2D eigenvalue weighted by molar-refractivity contribution is 0.0686. The quantitative estimate of drug-likeness (QED) is 0.642. The second-order valence-electron chi connectivity index (χ2n) is 4.84. The van der Waals surface area contributed by atoms with E-state index in [2.05, 4.69) is 24.0 Å². The summed E-state index contributed by atoms with van der Waals surface area (Å²) in [4.78, 5) is 2.42. The van der Waals surface area contributed by atoms with E-state index in [0.29, 0.717) is 12.0 Å². The van der Waals surface area contributed by atoms with E-state index in [9.17, 15) is 0 Å². The fourth-order valence-electron chi connectivity index (χ4n) is 2.29. The van der Waals surface area contributed by atoms with E-state index in [1.165, 1.54) is 0 Å². The predicted octanol–water partition coefficient (Wildman–Crippen LogP) is 0.873. The van der Waals surface area contributed by atoms with Gasteiger partial charge in [-0.05, 0) is 19.3 Å². The van der Waals surface area contributed by atoms with Crippen LogP contribution in [0.1, 0.15) is 13.3 Å². The van der Waals surface area contributed by atoms with Crippen molar-refractivity contribution in [2.75, 3.05) is 40.5 Å². The summed E-state index contributed by atoms with van der Waals surface area (Å²) in [5, 5.41) is 0. The van der Waals surface area contributed by atoms with E-state index in [4.69, 9.17) is 15.2 Å². The van der Waals surface area contributed by atoms with Crippen LogP contribution in [0.25, 0.3) is 0 Å². The maximum Gasteiger partial charge on any atom is 0.0615 e. The Bertz CT molecular complexity index is 233. The predicted molar refractivity (Wildman–Crippen MR) is 70.0 cm³/mol. The summed E-state index contributed by atoms with van der Waals surface area (Å²) in [7, 11) is 3.49. The fraction of sp³-hybridized carbons (Fsp3) is 0.846. The molecule has 3 unspecified atom stereocenters. The van der Waals surface area contributed by atoms with Crippen molar-refractivity contribution in [3.8, 4) is 0 Å². The highest BCUT2D eigenvalue weighted by atomic mass is 16.5. The Morgan fingerprint density at radius 2 is 2.12 bits per heavy atom. The average Bonchev–Trinajstić information content (AvgIpc) is 2.70. The number of hydrogen-bond acceptors (Lipinski definition) is 4. The minimum atomic E-state index is 0.238. The van der Waals surface area contributed by atoms with Gasteiger partial charge in [-0.2, -0.15) is 0 Å². The monoisotopic (exact) mass is 242 g/mol. The molecule has 100 valence electrons. The van der Waals surface area contributed by atoms with Crippen molar-refractivity contribution in [2.45, 2.75) is 25.4 Å². The molecule has 0 spiro atoms. The summed E-state index contributed by atoms with van der Waals surface area (Å²) in [5.74, 6) is 0.571. The Labute approximate surface area is 105 Å². The van der Waals surface area contributed by atoms with Crippen molar-refractivity contribution in [2.24, 2.45) is 11.7 Å². The van der Waals surface area contributed by atoms with Gasteiger partial charge in [-0.15, -0.1) is 0 Å². The minimum Gasteiger partial charge on any atom is -0.383 e. The van der Waals surface area contributed by atoms with E-state index < -0.39 is 0 Å². The third kappa shape index (κ3) is 5.17. The molecule has 0 heterocycles. The zero-order valence-electron chi connectivity index (χ0n) is 11.3. The van der Waals surface area contributed by atoms with Crippen molar-refractivity contribution < 1.29 is 9.47 Å². The van der Waals surface area contributed by atoms with E-state index in [0.717, 1.165) is 32.7 Å². The van der Waals surface area contributed by atoms with Crippen LogP contribution in [0.15, 0.2) is 12.2 Å². The third-order valence-corrected chi connectivity index (χ3v) is 3.29. The first-order valence-electron chi connectivity index (χ1n) is 6.33. The molecule has 1 rings (SSSR count). The highest BCUT2D eigenvalue weighted by Crippen LogP contribution is 2.18. The normalized spacial score (nSPS) is 25.7. The average molecular weight is 242 g/mol. The molecule has 4 heteroatoms. The lowest BCUT2D eigenvalue weighted by Gasteiger charge is -2.30. The summed E-state index contributed by atoms with van der Waals surface area (Å²) in [5.41, 5.74) is 5.88. The maximum absolute atomic E-state index is 5.88. The molecule has 0 saturated carbocycles. The topological polar surface area (TPSA) is 47.7 Å². The molecule has 4 nitrogen and oxygen atoms in total. The van der Waals surface area contributed by atoms with Crippen LogP contribution >= 0.6 is 0 Å². The zero-order valence-corrected chi connectivity index (χ0v) is 11.3. The van der Waals surface area contributed by atoms with Crippen molar-refractivity contribution in [3.63, 3.8) is 0 Å². The van der Waals surface area contributed by atoms with Crippen LogP contribution in [0.5, 0.6) is 0 Å². The number of nitrogens with zero attached hydrogens (tertiary/aromatic N) is 1. The van der Waals surface area contributed by atoms with Crippen LogP contribution < -0.4 is 5.73 Å². The molecule has 17 heavy (non-hydrogen) atoms. The smallest absolute Gasteiger partial charge is 0.0615 e.